The van der Waals surface area contributed by atoms with E-state index in [9.17, 15) is 13.6 Å². The summed E-state index contributed by atoms with van der Waals surface area (Å²) in [5.41, 5.74) is 1.37. The van der Waals surface area contributed by atoms with Gasteiger partial charge >= 0.3 is 0 Å². The molecular weight excluding hydrogens is 278 g/mol. The standard InChI is InChI=1S/C16H14F2OS/c1-11-3-2-4-15(7-11)20-10-14(19)8-12-5-6-13(17)9-16(12)18/h2-7,9H,8,10H2,1H3. The second kappa shape index (κ2) is 6.66. The van der Waals surface area contributed by atoms with Crippen LogP contribution in [0, 0.1) is 18.6 Å². The topological polar surface area (TPSA) is 17.1 Å². The van der Waals surface area contributed by atoms with Crippen LogP contribution in [0.1, 0.15) is 11.1 Å². The van der Waals surface area contributed by atoms with Crippen molar-refractivity contribution in [3.63, 3.8) is 0 Å². The number of hydrogen-bond acceptors (Lipinski definition) is 2. The molecule has 0 saturated carbocycles. The number of halogens is 2. The van der Waals surface area contributed by atoms with Gasteiger partial charge in [0.2, 0.25) is 0 Å². The Labute approximate surface area is 121 Å². The number of Topliss-reactive ketones (excluding diaryl/α,β-unsaturated/α-hetero) is 1. The Kier molecular flexibility index (Phi) is 4.90. The van der Waals surface area contributed by atoms with Crippen molar-refractivity contribution in [3.05, 3.63) is 65.2 Å². The number of benzene rings is 2. The highest BCUT2D eigenvalue weighted by Gasteiger charge is 2.09. The third-order valence-corrected chi connectivity index (χ3v) is 3.85. The number of rotatable bonds is 5. The Morgan fingerprint density at radius 3 is 2.65 bits per heavy atom. The first-order valence-corrected chi connectivity index (χ1v) is 7.18. The zero-order valence-corrected chi connectivity index (χ0v) is 11.8. The van der Waals surface area contributed by atoms with Gasteiger partial charge in [-0.3, -0.25) is 4.79 Å². The van der Waals surface area contributed by atoms with E-state index in [1.807, 2.05) is 31.2 Å². The first-order valence-electron chi connectivity index (χ1n) is 6.19. The largest absolute Gasteiger partial charge is 0.298 e. The van der Waals surface area contributed by atoms with Crippen molar-refractivity contribution < 1.29 is 13.6 Å². The fourth-order valence-electron chi connectivity index (χ4n) is 1.80. The normalized spacial score (nSPS) is 10.6. The highest BCUT2D eigenvalue weighted by atomic mass is 32.2. The van der Waals surface area contributed by atoms with Gasteiger partial charge in [0, 0.05) is 17.4 Å². The van der Waals surface area contributed by atoms with Crippen LogP contribution in [0.3, 0.4) is 0 Å². The average Bonchev–Trinajstić information content (AvgIpc) is 2.40. The van der Waals surface area contributed by atoms with E-state index in [1.165, 1.54) is 23.9 Å². The molecule has 0 aliphatic carbocycles. The minimum atomic E-state index is -0.668. The molecule has 2 rings (SSSR count). The van der Waals surface area contributed by atoms with Crippen LogP contribution in [-0.2, 0) is 11.2 Å². The van der Waals surface area contributed by atoms with Crippen LogP contribution in [0.4, 0.5) is 8.78 Å². The lowest BCUT2D eigenvalue weighted by atomic mass is 10.1. The quantitative estimate of drug-likeness (QED) is 0.769. The molecule has 20 heavy (non-hydrogen) atoms. The summed E-state index contributed by atoms with van der Waals surface area (Å²) in [6, 6.07) is 11.1. The van der Waals surface area contributed by atoms with Gasteiger partial charge in [-0.1, -0.05) is 23.8 Å². The van der Waals surface area contributed by atoms with Gasteiger partial charge in [0.15, 0.2) is 0 Å². The summed E-state index contributed by atoms with van der Waals surface area (Å²) in [6.45, 7) is 1.99. The summed E-state index contributed by atoms with van der Waals surface area (Å²) >= 11 is 1.42. The Balaban J connectivity index is 1.92. The summed E-state index contributed by atoms with van der Waals surface area (Å²) in [6.07, 6.45) is -0.00900. The molecule has 0 aromatic heterocycles. The molecule has 0 spiro atoms. The monoisotopic (exact) mass is 292 g/mol. The molecule has 2 aromatic carbocycles. The number of carbonyl (C=O) groups is 1. The van der Waals surface area contributed by atoms with Gasteiger partial charge in [-0.15, -0.1) is 11.8 Å². The number of carbonyl (C=O) groups excluding carboxylic acids is 1. The van der Waals surface area contributed by atoms with Crippen LogP contribution in [-0.4, -0.2) is 11.5 Å². The van der Waals surface area contributed by atoms with E-state index in [2.05, 4.69) is 0 Å². The zero-order chi connectivity index (χ0) is 14.5. The summed E-state index contributed by atoms with van der Waals surface area (Å²) in [4.78, 5) is 12.8. The summed E-state index contributed by atoms with van der Waals surface area (Å²) < 4.78 is 26.2. The minimum absolute atomic E-state index is 0.00900. The van der Waals surface area contributed by atoms with E-state index >= 15 is 0 Å². The Morgan fingerprint density at radius 1 is 1.15 bits per heavy atom. The van der Waals surface area contributed by atoms with E-state index in [4.69, 9.17) is 0 Å². The number of aryl methyl sites for hydroxylation is 1. The van der Waals surface area contributed by atoms with Crippen LogP contribution in [0.2, 0.25) is 0 Å². The van der Waals surface area contributed by atoms with Gasteiger partial charge in [0.1, 0.15) is 17.4 Å². The van der Waals surface area contributed by atoms with E-state index in [-0.39, 0.29) is 23.5 Å². The highest BCUT2D eigenvalue weighted by Crippen LogP contribution is 2.20. The fraction of sp³-hybridized carbons (Fsp3) is 0.188. The van der Waals surface area contributed by atoms with Crippen LogP contribution >= 0.6 is 11.8 Å². The number of ketones is 1. The smallest absolute Gasteiger partial charge is 0.147 e. The maximum absolute atomic E-state index is 13.4. The second-order valence-corrected chi connectivity index (χ2v) is 5.61. The van der Waals surface area contributed by atoms with Crippen molar-refractivity contribution in [1.29, 1.82) is 0 Å². The van der Waals surface area contributed by atoms with Crippen molar-refractivity contribution in [1.82, 2.24) is 0 Å². The van der Waals surface area contributed by atoms with Gasteiger partial charge in [0.25, 0.3) is 0 Å². The Morgan fingerprint density at radius 2 is 1.95 bits per heavy atom. The molecule has 0 atom stereocenters. The first-order chi connectivity index (χ1) is 9.54. The molecule has 2 aromatic rings. The SMILES string of the molecule is Cc1cccc(SCC(=O)Cc2ccc(F)cc2F)c1. The average molecular weight is 292 g/mol. The van der Waals surface area contributed by atoms with Gasteiger partial charge in [-0.05, 0) is 30.7 Å². The number of hydrogen-bond donors (Lipinski definition) is 0. The molecule has 0 bridgehead atoms. The van der Waals surface area contributed by atoms with Crippen LogP contribution in [0.25, 0.3) is 0 Å². The third-order valence-electron chi connectivity index (χ3n) is 2.79. The molecule has 4 heteroatoms. The van der Waals surface area contributed by atoms with Gasteiger partial charge in [-0.2, -0.15) is 0 Å². The lowest BCUT2D eigenvalue weighted by Crippen LogP contribution is -2.07. The van der Waals surface area contributed by atoms with E-state index < -0.39 is 11.6 Å². The molecule has 104 valence electrons. The lowest BCUT2D eigenvalue weighted by Gasteiger charge is -2.04. The lowest BCUT2D eigenvalue weighted by molar-refractivity contribution is -0.116. The predicted octanol–water partition coefficient (Wildman–Crippen LogP) is 4.18. The molecule has 0 radical (unpaired) electrons. The Hall–Kier alpha value is -1.68. The van der Waals surface area contributed by atoms with E-state index in [0.29, 0.717) is 0 Å². The van der Waals surface area contributed by atoms with Crippen molar-refractivity contribution >= 4 is 17.5 Å². The molecule has 0 fully saturated rings. The van der Waals surface area contributed by atoms with E-state index in [1.54, 1.807) is 0 Å². The zero-order valence-electron chi connectivity index (χ0n) is 11.0. The predicted molar refractivity (Wildman–Crippen MR) is 77.0 cm³/mol. The van der Waals surface area contributed by atoms with Gasteiger partial charge < -0.3 is 0 Å². The summed E-state index contributed by atoms with van der Waals surface area (Å²) in [5.74, 6) is -1.10. The van der Waals surface area contributed by atoms with Crippen LogP contribution in [0.15, 0.2) is 47.4 Å². The summed E-state index contributed by atoms with van der Waals surface area (Å²) in [7, 11) is 0. The van der Waals surface area contributed by atoms with Crippen molar-refractivity contribution in [2.75, 3.05) is 5.75 Å². The van der Waals surface area contributed by atoms with Crippen molar-refractivity contribution in [2.45, 2.75) is 18.2 Å². The Bertz CT molecular complexity index is 626. The first kappa shape index (κ1) is 14.7. The van der Waals surface area contributed by atoms with E-state index in [0.717, 1.165) is 16.5 Å². The minimum Gasteiger partial charge on any atom is -0.298 e. The maximum atomic E-state index is 13.4. The molecule has 1 nitrogen and oxygen atoms in total. The molecule has 0 unspecified atom stereocenters. The van der Waals surface area contributed by atoms with Crippen molar-refractivity contribution in [2.24, 2.45) is 0 Å². The molecule has 0 aliphatic rings. The molecule has 0 saturated heterocycles. The van der Waals surface area contributed by atoms with Crippen molar-refractivity contribution in [3.8, 4) is 0 Å². The second-order valence-electron chi connectivity index (χ2n) is 4.56. The molecule has 0 N–H and O–H groups in total. The van der Waals surface area contributed by atoms with Crippen LogP contribution < -0.4 is 0 Å². The molecule has 0 amide bonds. The fourth-order valence-corrected chi connectivity index (χ4v) is 2.67. The maximum Gasteiger partial charge on any atom is 0.147 e. The molecule has 0 aliphatic heterocycles. The number of thioether (sulfide) groups is 1. The summed E-state index contributed by atoms with van der Waals surface area (Å²) in [5, 5.41) is 0. The van der Waals surface area contributed by atoms with Gasteiger partial charge in [-0.25, -0.2) is 8.78 Å². The third kappa shape index (κ3) is 4.17. The highest BCUT2D eigenvalue weighted by molar-refractivity contribution is 8.00. The van der Waals surface area contributed by atoms with Crippen LogP contribution in [0.5, 0.6) is 0 Å². The molecular formula is C16H14F2OS. The molecule has 0 heterocycles. The van der Waals surface area contributed by atoms with Gasteiger partial charge in [0.05, 0.1) is 5.75 Å².